The summed E-state index contributed by atoms with van der Waals surface area (Å²) in [5.74, 6) is -0.883. The van der Waals surface area contributed by atoms with Crippen LogP contribution >= 0.6 is 0 Å². The van der Waals surface area contributed by atoms with Crippen LogP contribution in [0.5, 0.6) is 0 Å². The fraction of sp³-hybridized carbons (Fsp3) is 0.571. The Bertz CT molecular complexity index is 555. The number of nitrogens with zero attached hydrogens (tertiary/aromatic N) is 1. The van der Waals surface area contributed by atoms with Crippen LogP contribution in [0, 0.1) is 5.41 Å². The van der Waals surface area contributed by atoms with Crippen LogP contribution in [0.2, 0.25) is 0 Å². The first kappa shape index (κ1) is 15.6. The van der Waals surface area contributed by atoms with Crippen LogP contribution in [0.4, 0.5) is 19.0 Å². The summed E-state index contributed by atoms with van der Waals surface area (Å²) >= 11 is 0. The van der Waals surface area contributed by atoms with Crippen molar-refractivity contribution in [1.82, 2.24) is 4.98 Å². The van der Waals surface area contributed by atoms with Crippen molar-refractivity contribution in [3.8, 4) is 0 Å². The fourth-order valence-corrected chi connectivity index (χ4v) is 2.69. The Labute approximate surface area is 120 Å². The first-order chi connectivity index (χ1) is 9.61. The standard InChI is InChI=1S/C14H18F3N3O/c1-13(2)7-3-4-9(13)19-12-8(11(18)21)5-6-10(20-12)14(15,16)17/h5-6,9H,3-4,7H2,1-2H3,(H2,18,21)(H,19,20). The number of carbonyl (C=O) groups excluding carboxylic acids is 1. The largest absolute Gasteiger partial charge is 0.433 e. The molecule has 1 fully saturated rings. The second kappa shape index (κ2) is 5.20. The average molecular weight is 301 g/mol. The molecule has 3 N–H and O–H groups in total. The topological polar surface area (TPSA) is 68.0 Å². The smallest absolute Gasteiger partial charge is 0.366 e. The molecule has 7 heteroatoms. The zero-order chi connectivity index (χ0) is 15.8. The van der Waals surface area contributed by atoms with Gasteiger partial charge in [-0.3, -0.25) is 4.79 Å². The van der Waals surface area contributed by atoms with E-state index in [2.05, 4.69) is 10.3 Å². The van der Waals surface area contributed by atoms with E-state index in [1.165, 1.54) is 0 Å². The number of nitrogens with one attached hydrogen (secondary N) is 1. The number of hydrogen-bond donors (Lipinski definition) is 2. The molecule has 0 aromatic carbocycles. The van der Waals surface area contributed by atoms with Gasteiger partial charge in [0.25, 0.3) is 5.91 Å². The van der Waals surface area contributed by atoms with Gasteiger partial charge in [-0.25, -0.2) is 4.98 Å². The zero-order valence-corrected chi connectivity index (χ0v) is 11.9. The number of carbonyl (C=O) groups is 1. The highest BCUT2D eigenvalue weighted by molar-refractivity contribution is 5.97. The Morgan fingerprint density at radius 3 is 2.57 bits per heavy atom. The summed E-state index contributed by atoms with van der Waals surface area (Å²) in [6, 6.07) is 1.81. The Kier molecular flexibility index (Phi) is 3.86. The first-order valence-corrected chi connectivity index (χ1v) is 6.76. The van der Waals surface area contributed by atoms with Gasteiger partial charge in [-0.1, -0.05) is 20.3 Å². The van der Waals surface area contributed by atoms with Crippen molar-refractivity contribution in [1.29, 1.82) is 0 Å². The van der Waals surface area contributed by atoms with E-state index < -0.39 is 17.8 Å². The van der Waals surface area contributed by atoms with Gasteiger partial charge in [-0.05, 0) is 30.4 Å². The van der Waals surface area contributed by atoms with Crippen LogP contribution in [0.3, 0.4) is 0 Å². The molecule has 0 bridgehead atoms. The highest BCUT2D eigenvalue weighted by atomic mass is 19.4. The summed E-state index contributed by atoms with van der Waals surface area (Å²) in [6.45, 7) is 4.07. The van der Waals surface area contributed by atoms with Crippen molar-refractivity contribution >= 4 is 11.7 Å². The van der Waals surface area contributed by atoms with Crippen LogP contribution in [-0.4, -0.2) is 16.9 Å². The molecular weight excluding hydrogens is 283 g/mol. The SMILES string of the molecule is CC1(C)CCCC1Nc1nc(C(F)(F)F)ccc1C(N)=O. The fourth-order valence-electron chi connectivity index (χ4n) is 2.69. The van der Waals surface area contributed by atoms with Gasteiger partial charge >= 0.3 is 6.18 Å². The molecule has 2 rings (SSSR count). The third-order valence-corrected chi connectivity index (χ3v) is 4.02. The van der Waals surface area contributed by atoms with Crippen molar-refractivity contribution in [2.75, 3.05) is 5.32 Å². The molecule has 1 unspecified atom stereocenters. The molecule has 0 saturated heterocycles. The van der Waals surface area contributed by atoms with E-state index >= 15 is 0 Å². The molecule has 4 nitrogen and oxygen atoms in total. The van der Waals surface area contributed by atoms with Crippen LogP contribution in [0.1, 0.15) is 49.2 Å². The summed E-state index contributed by atoms with van der Waals surface area (Å²) in [7, 11) is 0. The van der Waals surface area contributed by atoms with E-state index in [0.717, 1.165) is 31.4 Å². The maximum Gasteiger partial charge on any atom is 0.433 e. The maximum absolute atomic E-state index is 12.8. The Hall–Kier alpha value is -1.79. The molecule has 1 aromatic rings. The van der Waals surface area contributed by atoms with E-state index in [-0.39, 0.29) is 22.8 Å². The third kappa shape index (κ3) is 3.28. The minimum absolute atomic E-state index is 0.0225. The lowest BCUT2D eigenvalue weighted by molar-refractivity contribution is -0.141. The van der Waals surface area contributed by atoms with Gasteiger partial charge in [0.2, 0.25) is 0 Å². The summed E-state index contributed by atoms with van der Waals surface area (Å²) in [5, 5.41) is 2.98. The molecule has 1 atom stereocenters. The number of rotatable bonds is 3. The molecule has 1 saturated carbocycles. The van der Waals surface area contributed by atoms with Gasteiger partial charge in [-0.15, -0.1) is 0 Å². The van der Waals surface area contributed by atoms with Crippen molar-refractivity contribution in [2.24, 2.45) is 11.1 Å². The van der Waals surface area contributed by atoms with Gasteiger partial charge < -0.3 is 11.1 Å². The van der Waals surface area contributed by atoms with Crippen LogP contribution in [0.25, 0.3) is 0 Å². The molecule has 21 heavy (non-hydrogen) atoms. The van der Waals surface area contributed by atoms with Crippen molar-refractivity contribution in [3.05, 3.63) is 23.4 Å². The average Bonchev–Trinajstić information content (AvgIpc) is 2.67. The summed E-state index contributed by atoms with van der Waals surface area (Å²) < 4.78 is 38.3. The first-order valence-electron chi connectivity index (χ1n) is 6.76. The number of anilines is 1. The second-order valence-corrected chi connectivity index (χ2v) is 6.03. The van der Waals surface area contributed by atoms with Gasteiger partial charge in [0.15, 0.2) is 0 Å². The predicted molar refractivity (Wildman–Crippen MR) is 72.8 cm³/mol. The van der Waals surface area contributed by atoms with Crippen molar-refractivity contribution in [3.63, 3.8) is 0 Å². The van der Waals surface area contributed by atoms with Gasteiger partial charge in [0, 0.05) is 6.04 Å². The molecule has 1 heterocycles. The van der Waals surface area contributed by atoms with Crippen molar-refractivity contribution in [2.45, 2.75) is 45.3 Å². The predicted octanol–water partition coefficient (Wildman–Crippen LogP) is 3.19. The molecule has 1 amide bonds. The number of nitrogens with two attached hydrogens (primary N) is 1. The minimum Gasteiger partial charge on any atom is -0.366 e. The van der Waals surface area contributed by atoms with Gasteiger partial charge in [-0.2, -0.15) is 13.2 Å². The molecule has 0 spiro atoms. The number of halogens is 3. The quantitative estimate of drug-likeness (QED) is 0.901. The number of hydrogen-bond acceptors (Lipinski definition) is 3. The number of aromatic nitrogens is 1. The minimum atomic E-state index is -4.56. The Morgan fingerprint density at radius 1 is 1.43 bits per heavy atom. The van der Waals surface area contributed by atoms with E-state index in [9.17, 15) is 18.0 Å². The molecule has 0 aliphatic heterocycles. The monoisotopic (exact) mass is 301 g/mol. The van der Waals surface area contributed by atoms with E-state index in [0.29, 0.717) is 0 Å². The highest BCUT2D eigenvalue weighted by Crippen LogP contribution is 2.39. The molecule has 0 radical (unpaired) electrons. The molecular formula is C14H18F3N3O. The summed E-state index contributed by atoms with van der Waals surface area (Å²) in [5.41, 5.74) is 4.09. The lowest BCUT2D eigenvalue weighted by Crippen LogP contribution is -2.32. The van der Waals surface area contributed by atoms with Crippen molar-refractivity contribution < 1.29 is 18.0 Å². The van der Waals surface area contributed by atoms with Crippen LogP contribution in [-0.2, 0) is 6.18 Å². The molecule has 1 aliphatic carbocycles. The summed E-state index contributed by atoms with van der Waals surface area (Å²) in [6.07, 6.45) is -1.79. The van der Waals surface area contributed by atoms with Crippen LogP contribution in [0.15, 0.2) is 12.1 Å². The normalized spacial score (nSPS) is 21.3. The zero-order valence-electron chi connectivity index (χ0n) is 11.9. The lowest BCUT2D eigenvalue weighted by Gasteiger charge is -2.29. The lowest BCUT2D eigenvalue weighted by atomic mass is 9.87. The Balaban J connectivity index is 2.37. The molecule has 1 aliphatic rings. The van der Waals surface area contributed by atoms with E-state index in [4.69, 9.17) is 5.73 Å². The van der Waals surface area contributed by atoms with Crippen LogP contribution < -0.4 is 11.1 Å². The molecule has 1 aromatic heterocycles. The van der Waals surface area contributed by atoms with E-state index in [1.54, 1.807) is 0 Å². The van der Waals surface area contributed by atoms with E-state index in [1.807, 2.05) is 13.8 Å². The number of primary amides is 1. The maximum atomic E-state index is 12.8. The summed E-state index contributed by atoms with van der Waals surface area (Å²) in [4.78, 5) is 14.9. The number of alkyl halides is 3. The number of pyridine rings is 1. The third-order valence-electron chi connectivity index (χ3n) is 4.02. The number of amides is 1. The van der Waals surface area contributed by atoms with Gasteiger partial charge in [0.1, 0.15) is 11.5 Å². The van der Waals surface area contributed by atoms with Gasteiger partial charge in [0.05, 0.1) is 5.56 Å². The highest BCUT2D eigenvalue weighted by Gasteiger charge is 2.37. The molecule has 116 valence electrons. The second-order valence-electron chi connectivity index (χ2n) is 6.03. The Morgan fingerprint density at radius 2 is 2.10 bits per heavy atom.